The maximum atomic E-state index is 13.9. The first kappa shape index (κ1) is 20.4. The van der Waals surface area contributed by atoms with Crippen molar-refractivity contribution in [3.8, 4) is 0 Å². The fraction of sp³-hybridized carbons (Fsp3) is 0.273. The molecule has 5 rings (SSSR count). The number of amides is 1. The van der Waals surface area contributed by atoms with Crippen LogP contribution < -0.4 is 10.6 Å². The van der Waals surface area contributed by atoms with Gasteiger partial charge in [-0.05, 0) is 50.2 Å². The first-order valence-corrected chi connectivity index (χ1v) is 9.85. The van der Waals surface area contributed by atoms with Crippen molar-refractivity contribution < 1.29 is 14.0 Å². The van der Waals surface area contributed by atoms with Gasteiger partial charge in [0.25, 0.3) is 5.91 Å². The quantitative estimate of drug-likeness (QED) is 0.441. The Balaban J connectivity index is 0.00000218. The molecule has 1 saturated heterocycles. The smallest absolute Gasteiger partial charge is 0.258 e. The number of oxime groups is 1. The van der Waals surface area contributed by atoms with Gasteiger partial charge in [0.05, 0.1) is 11.3 Å². The summed E-state index contributed by atoms with van der Waals surface area (Å²) in [4.78, 5) is 20.7. The molecule has 2 aromatic rings. The molecule has 2 N–H and O–H groups in total. The number of halogens is 2. The van der Waals surface area contributed by atoms with Gasteiger partial charge in [-0.15, -0.1) is 12.4 Å². The lowest BCUT2D eigenvalue weighted by atomic mass is 10.0. The first-order valence-electron chi connectivity index (χ1n) is 9.85. The number of carbonyl (C=O) groups excluding carboxylic acids is 1. The van der Waals surface area contributed by atoms with Crippen molar-refractivity contribution in [2.24, 2.45) is 5.16 Å². The summed E-state index contributed by atoms with van der Waals surface area (Å²) in [5.74, 6) is -0.681. The maximum Gasteiger partial charge on any atom is 0.258 e. The predicted octanol–water partition coefficient (Wildman–Crippen LogP) is 3.85. The van der Waals surface area contributed by atoms with Crippen LogP contribution in [0.15, 0.2) is 53.3 Å². The molecule has 6 nitrogen and oxygen atoms in total. The highest BCUT2D eigenvalue weighted by Gasteiger charge is 2.34. The molecule has 1 amide bonds. The van der Waals surface area contributed by atoms with E-state index in [9.17, 15) is 9.18 Å². The van der Waals surface area contributed by atoms with Crippen LogP contribution in [0.1, 0.15) is 24.0 Å². The molecule has 156 valence electrons. The second kappa shape index (κ2) is 8.45. The van der Waals surface area contributed by atoms with Crippen molar-refractivity contribution >= 4 is 41.0 Å². The highest BCUT2D eigenvalue weighted by atomic mass is 35.5. The zero-order valence-corrected chi connectivity index (χ0v) is 17.1. The molecule has 0 saturated carbocycles. The summed E-state index contributed by atoms with van der Waals surface area (Å²) < 4.78 is 13.9. The van der Waals surface area contributed by atoms with E-state index in [2.05, 4.69) is 20.7 Å². The summed E-state index contributed by atoms with van der Waals surface area (Å²) in [6.07, 6.45) is 2.46. The number of hydrogen-bond acceptors (Lipinski definition) is 5. The highest BCUT2D eigenvalue weighted by molar-refractivity contribution is 6.39. The van der Waals surface area contributed by atoms with E-state index in [-0.39, 0.29) is 18.3 Å². The number of hydrogen-bond donors (Lipinski definition) is 2. The van der Waals surface area contributed by atoms with E-state index in [1.807, 2.05) is 24.3 Å². The average molecular weight is 429 g/mol. The van der Waals surface area contributed by atoms with Gasteiger partial charge in [-0.2, -0.15) is 0 Å². The number of para-hydroxylation sites is 1. The Morgan fingerprint density at radius 1 is 1.03 bits per heavy atom. The lowest BCUT2D eigenvalue weighted by Gasteiger charge is -2.13. The molecule has 1 fully saturated rings. The molecular weight excluding hydrogens is 407 g/mol. The second-order valence-electron chi connectivity index (χ2n) is 7.39. The topological polar surface area (TPSA) is 66.0 Å². The fourth-order valence-electron chi connectivity index (χ4n) is 4.08. The van der Waals surface area contributed by atoms with Crippen LogP contribution in [0.5, 0.6) is 0 Å². The summed E-state index contributed by atoms with van der Waals surface area (Å²) in [6, 6.07) is 11.9. The van der Waals surface area contributed by atoms with Gasteiger partial charge in [-0.25, -0.2) is 4.39 Å². The largest absolute Gasteiger partial charge is 0.394 e. The Bertz CT molecular complexity index is 1050. The monoisotopic (exact) mass is 428 g/mol. The zero-order chi connectivity index (χ0) is 19.8. The standard InChI is InChI=1S/C22H21FN4O2.ClH/c23-14-7-8-18-16(13-14)19(22(28)25-18)21-20(15-5-1-2-6-17(15)24-21)26-29-12-11-27-9-3-4-10-27;/h1-2,5-8,13,24H,3-4,9-12H2,(H,25,28);1H/b21-19-,26-20+;. The number of anilines is 2. The Morgan fingerprint density at radius 2 is 1.80 bits per heavy atom. The Morgan fingerprint density at radius 3 is 2.63 bits per heavy atom. The molecule has 30 heavy (non-hydrogen) atoms. The molecule has 3 aliphatic heterocycles. The van der Waals surface area contributed by atoms with E-state index in [1.54, 1.807) is 6.07 Å². The van der Waals surface area contributed by atoms with Crippen LogP contribution in [0.25, 0.3) is 5.57 Å². The molecule has 0 aromatic heterocycles. The van der Waals surface area contributed by atoms with Gasteiger partial charge in [0.2, 0.25) is 0 Å². The third-order valence-electron chi connectivity index (χ3n) is 5.51. The minimum atomic E-state index is -0.394. The molecule has 0 atom stereocenters. The number of rotatable bonds is 4. The molecule has 0 radical (unpaired) electrons. The third kappa shape index (κ3) is 3.66. The lowest BCUT2D eigenvalue weighted by Crippen LogP contribution is -2.23. The molecule has 0 aliphatic carbocycles. The molecule has 0 spiro atoms. The summed E-state index contributed by atoms with van der Waals surface area (Å²) in [5, 5.41) is 10.4. The van der Waals surface area contributed by atoms with Crippen LogP contribution >= 0.6 is 12.4 Å². The summed E-state index contributed by atoms with van der Waals surface area (Å²) in [7, 11) is 0. The Hall–Kier alpha value is -2.90. The first-order chi connectivity index (χ1) is 14.2. The van der Waals surface area contributed by atoms with Crippen LogP contribution in [-0.2, 0) is 9.63 Å². The van der Waals surface area contributed by atoms with Crippen molar-refractivity contribution in [2.75, 3.05) is 36.9 Å². The number of likely N-dealkylation sites (tertiary alicyclic amines) is 1. The van der Waals surface area contributed by atoms with Crippen molar-refractivity contribution in [2.45, 2.75) is 12.8 Å². The van der Waals surface area contributed by atoms with Crippen molar-refractivity contribution in [3.05, 3.63) is 65.1 Å². The molecular formula is C22H22ClFN4O2. The molecule has 0 bridgehead atoms. The number of carbonyl (C=O) groups is 1. The zero-order valence-electron chi connectivity index (χ0n) is 16.3. The van der Waals surface area contributed by atoms with E-state index in [0.717, 1.165) is 30.9 Å². The molecule has 8 heteroatoms. The highest BCUT2D eigenvalue weighted by Crippen LogP contribution is 2.39. The SMILES string of the molecule is Cl.O=C1Nc2ccc(F)cc2/C1=C1/Nc2ccccc2/C1=N\OCCN1CCCC1. The minimum absolute atomic E-state index is 0. The normalized spacial score (nSPS) is 21.1. The summed E-state index contributed by atoms with van der Waals surface area (Å²) >= 11 is 0. The van der Waals surface area contributed by atoms with E-state index in [4.69, 9.17) is 4.84 Å². The van der Waals surface area contributed by atoms with E-state index >= 15 is 0 Å². The average Bonchev–Trinajstić information content (AvgIpc) is 3.42. The number of fused-ring (bicyclic) bond motifs is 2. The lowest BCUT2D eigenvalue weighted by molar-refractivity contribution is -0.110. The van der Waals surface area contributed by atoms with E-state index in [0.29, 0.717) is 34.8 Å². The number of benzene rings is 2. The molecule has 2 aromatic carbocycles. The van der Waals surface area contributed by atoms with Gasteiger partial charge in [0.15, 0.2) is 0 Å². The van der Waals surface area contributed by atoms with Crippen LogP contribution in [0.2, 0.25) is 0 Å². The maximum absolute atomic E-state index is 13.9. The Labute approximate surface area is 180 Å². The van der Waals surface area contributed by atoms with Gasteiger partial charge < -0.3 is 15.5 Å². The number of nitrogens with one attached hydrogen (secondary N) is 2. The fourth-order valence-corrected chi connectivity index (χ4v) is 4.08. The van der Waals surface area contributed by atoms with E-state index in [1.165, 1.54) is 25.0 Å². The van der Waals surface area contributed by atoms with Crippen LogP contribution in [0.4, 0.5) is 15.8 Å². The number of allylic oxidation sites excluding steroid dienone is 1. The molecule has 3 heterocycles. The van der Waals surface area contributed by atoms with Crippen molar-refractivity contribution in [1.82, 2.24) is 4.90 Å². The predicted molar refractivity (Wildman–Crippen MR) is 117 cm³/mol. The number of nitrogens with zero attached hydrogens (tertiary/aromatic N) is 2. The van der Waals surface area contributed by atoms with Gasteiger partial charge in [-0.3, -0.25) is 9.69 Å². The minimum Gasteiger partial charge on any atom is -0.394 e. The van der Waals surface area contributed by atoms with Crippen molar-refractivity contribution in [3.63, 3.8) is 0 Å². The third-order valence-corrected chi connectivity index (χ3v) is 5.51. The molecule has 0 unspecified atom stereocenters. The molecule has 3 aliphatic rings. The summed E-state index contributed by atoms with van der Waals surface area (Å²) in [5.41, 5.74) is 4.28. The second-order valence-corrected chi connectivity index (χ2v) is 7.39. The van der Waals surface area contributed by atoms with Gasteiger partial charge in [0, 0.05) is 29.0 Å². The van der Waals surface area contributed by atoms with Crippen molar-refractivity contribution in [1.29, 1.82) is 0 Å². The van der Waals surface area contributed by atoms with Crippen LogP contribution in [0, 0.1) is 5.82 Å². The summed E-state index contributed by atoms with van der Waals surface area (Å²) in [6.45, 7) is 3.50. The van der Waals surface area contributed by atoms with Gasteiger partial charge in [0.1, 0.15) is 18.1 Å². The van der Waals surface area contributed by atoms with Gasteiger partial charge >= 0.3 is 0 Å². The van der Waals surface area contributed by atoms with Gasteiger partial charge in [-0.1, -0.05) is 23.4 Å². The Kier molecular flexibility index (Phi) is 5.74. The van der Waals surface area contributed by atoms with Crippen LogP contribution in [0.3, 0.4) is 0 Å². The van der Waals surface area contributed by atoms with Crippen LogP contribution in [-0.4, -0.2) is 42.8 Å². The van der Waals surface area contributed by atoms with E-state index < -0.39 is 5.82 Å².